The molecule has 0 spiro atoms. The van der Waals surface area contributed by atoms with Gasteiger partial charge in [0, 0.05) is 6.07 Å². The lowest BCUT2D eigenvalue weighted by Crippen LogP contribution is -2.30. The van der Waals surface area contributed by atoms with E-state index in [1.165, 1.54) is 30.7 Å². The monoisotopic (exact) mass is 354 g/mol. The quantitative estimate of drug-likeness (QED) is 0.505. The Labute approximate surface area is 150 Å². The van der Waals surface area contributed by atoms with Gasteiger partial charge >= 0.3 is 5.97 Å². The number of benzene rings is 2. The molecule has 1 unspecified atom stereocenters. The minimum Gasteiger partial charge on any atom is -0.449 e. The Bertz CT molecular complexity index is 878. The van der Waals surface area contributed by atoms with Crippen LogP contribution < -0.4 is 5.32 Å². The van der Waals surface area contributed by atoms with Crippen LogP contribution in [0.5, 0.6) is 0 Å². The van der Waals surface area contributed by atoms with Gasteiger partial charge in [0.15, 0.2) is 6.10 Å². The molecule has 7 nitrogen and oxygen atoms in total. The highest BCUT2D eigenvalue weighted by atomic mass is 16.6. The van der Waals surface area contributed by atoms with Crippen LogP contribution in [0.15, 0.2) is 42.5 Å². The zero-order valence-electron chi connectivity index (χ0n) is 14.2. The van der Waals surface area contributed by atoms with Crippen molar-refractivity contribution in [2.45, 2.75) is 32.3 Å². The van der Waals surface area contributed by atoms with Gasteiger partial charge in [-0.1, -0.05) is 18.2 Å². The van der Waals surface area contributed by atoms with Gasteiger partial charge in [0.25, 0.3) is 11.6 Å². The molecule has 2 aromatic rings. The standard InChI is InChI=1S/C19H18N2O5/c1-12(18(22)20-16-7-2-3-8-17(16)21(24)25)26-19(23)15-10-9-13-5-4-6-14(13)11-15/h2-3,7-12H,4-6H2,1H3,(H,20,22). The minimum absolute atomic E-state index is 0.0583. The first-order valence-electron chi connectivity index (χ1n) is 8.33. The molecule has 1 atom stereocenters. The first-order chi connectivity index (χ1) is 12.5. The molecule has 0 bridgehead atoms. The zero-order chi connectivity index (χ0) is 18.7. The molecule has 0 aromatic heterocycles. The second-order valence-corrected chi connectivity index (χ2v) is 6.15. The molecule has 0 saturated carbocycles. The van der Waals surface area contributed by atoms with E-state index in [0.29, 0.717) is 5.56 Å². The van der Waals surface area contributed by atoms with Crippen molar-refractivity contribution in [3.63, 3.8) is 0 Å². The molecular formula is C19H18N2O5. The van der Waals surface area contributed by atoms with E-state index < -0.39 is 22.9 Å². The van der Waals surface area contributed by atoms with Crippen LogP contribution in [0.4, 0.5) is 11.4 Å². The molecule has 0 radical (unpaired) electrons. The molecule has 0 fully saturated rings. The van der Waals surface area contributed by atoms with E-state index in [-0.39, 0.29) is 11.4 Å². The second-order valence-electron chi connectivity index (χ2n) is 6.15. The number of fused-ring (bicyclic) bond motifs is 1. The number of carbonyl (C=O) groups is 2. The molecule has 7 heteroatoms. The number of para-hydroxylation sites is 2. The fraction of sp³-hybridized carbons (Fsp3) is 0.263. The number of ether oxygens (including phenoxy) is 1. The minimum atomic E-state index is -1.09. The van der Waals surface area contributed by atoms with Crippen LogP contribution in [0.25, 0.3) is 0 Å². The normalized spacial score (nSPS) is 13.6. The number of carbonyl (C=O) groups excluding carboxylic acids is 2. The summed E-state index contributed by atoms with van der Waals surface area (Å²) in [6.45, 7) is 1.43. The molecule has 2 aromatic carbocycles. The molecule has 1 aliphatic carbocycles. The molecule has 26 heavy (non-hydrogen) atoms. The van der Waals surface area contributed by atoms with Crippen molar-refractivity contribution in [3.8, 4) is 0 Å². The Balaban J connectivity index is 1.66. The summed E-state index contributed by atoms with van der Waals surface area (Å²) in [5.74, 6) is -1.22. The van der Waals surface area contributed by atoms with Crippen LogP contribution >= 0.6 is 0 Å². The molecule has 1 N–H and O–H groups in total. The molecule has 1 amide bonds. The molecule has 0 aliphatic heterocycles. The number of amides is 1. The number of nitrogens with one attached hydrogen (secondary N) is 1. The average Bonchev–Trinajstić information content (AvgIpc) is 3.09. The summed E-state index contributed by atoms with van der Waals surface area (Å²) in [7, 11) is 0. The summed E-state index contributed by atoms with van der Waals surface area (Å²) >= 11 is 0. The molecule has 0 saturated heterocycles. The van der Waals surface area contributed by atoms with E-state index in [1.807, 2.05) is 6.07 Å². The topological polar surface area (TPSA) is 98.5 Å². The first kappa shape index (κ1) is 17.6. The SMILES string of the molecule is CC(OC(=O)c1ccc2c(c1)CCC2)C(=O)Nc1ccccc1[N+](=O)[O-]. The van der Waals surface area contributed by atoms with Crippen LogP contribution in [0.2, 0.25) is 0 Å². The Morgan fingerprint density at radius 2 is 1.88 bits per heavy atom. The van der Waals surface area contributed by atoms with Crippen molar-refractivity contribution in [2.75, 3.05) is 5.32 Å². The van der Waals surface area contributed by atoms with E-state index in [9.17, 15) is 19.7 Å². The summed E-state index contributed by atoms with van der Waals surface area (Å²) < 4.78 is 5.21. The van der Waals surface area contributed by atoms with Crippen molar-refractivity contribution in [2.24, 2.45) is 0 Å². The lowest BCUT2D eigenvalue weighted by Gasteiger charge is -2.14. The van der Waals surface area contributed by atoms with Crippen LogP contribution in [0.3, 0.4) is 0 Å². The number of esters is 1. The summed E-state index contributed by atoms with van der Waals surface area (Å²) in [5, 5.41) is 13.4. The van der Waals surface area contributed by atoms with Gasteiger partial charge in [-0.15, -0.1) is 0 Å². The van der Waals surface area contributed by atoms with Gasteiger partial charge in [-0.3, -0.25) is 14.9 Å². The maximum Gasteiger partial charge on any atom is 0.338 e. The van der Waals surface area contributed by atoms with Gasteiger partial charge in [-0.2, -0.15) is 0 Å². The third kappa shape index (κ3) is 3.72. The summed E-state index contributed by atoms with van der Waals surface area (Å²) in [6.07, 6.45) is 1.93. The Morgan fingerprint density at radius 1 is 1.15 bits per heavy atom. The van der Waals surface area contributed by atoms with Crippen molar-refractivity contribution in [3.05, 3.63) is 69.3 Å². The third-order valence-electron chi connectivity index (χ3n) is 4.35. The third-order valence-corrected chi connectivity index (χ3v) is 4.35. The molecular weight excluding hydrogens is 336 g/mol. The van der Waals surface area contributed by atoms with Crippen LogP contribution in [0.1, 0.15) is 34.8 Å². The number of nitro benzene ring substituents is 1. The number of nitrogens with zero attached hydrogens (tertiary/aromatic N) is 1. The van der Waals surface area contributed by atoms with Crippen molar-refractivity contribution >= 4 is 23.3 Å². The van der Waals surface area contributed by atoms with Gasteiger partial charge in [-0.25, -0.2) is 4.79 Å². The zero-order valence-corrected chi connectivity index (χ0v) is 14.2. The van der Waals surface area contributed by atoms with E-state index in [4.69, 9.17) is 4.74 Å². The van der Waals surface area contributed by atoms with Crippen LogP contribution in [-0.2, 0) is 22.4 Å². The van der Waals surface area contributed by atoms with Gasteiger partial charge in [0.1, 0.15) is 5.69 Å². The fourth-order valence-corrected chi connectivity index (χ4v) is 2.95. The number of hydrogen-bond donors (Lipinski definition) is 1. The van der Waals surface area contributed by atoms with Crippen molar-refractivity contribution in [1.29, 1.82) is 0 Å². The van der Waals surface area contributed by atoms with Gasteiger partial charge in [-0.05, 0) is 55.5 Å². The number of aryl methyl sites for hydroxylation is 2. The van der Waals surface area contributed by atoms with Crippen molar-refractivity contribution < 1.29 is 19.2 Å². The maximum atomic E-state index is 12.3. The van der Waals surface area contributed by atoms with Gasteiger partial charge in [0.05, 0.1) is 10.5 Å². The van der Waals surface area contributed by atoms with E-state index in [2.05, 4.69) is 5.32 Å². The number of rotatable bonds is 5. The maximum absolute atomic E-state index is 12.3. The predicted molar refractivity (Wildman–Crippen MR) is 95.1 cm³/mol. The largest absolute Gasteiger partial charge is 0.449 e. The first-order valence-corrected chi connectivity index (χ1v) is 8.33. The van der Waals surface area contributed by atoms with Gasteiger partial charge < -0.3 is 10.1 Å². The van der Waals surface area contributed by atoms with E-state index >= 15 is 0 Å². The Morgan fingerprint density at radius 3 is 2.65 bits per heavy atom. The molecule has 3 rings (SSSR count). The van der Waals surface area contributed by atoms with Crippen molar-refractivity contribution in [1.82, 2.24) is 0 Å². The fourth-order valence-electron chi connectivity index (χ4n) is 2.95. The Kier molecular flexibility index (Phi) is 4.97. The lowest BCUT2D eigenvalue weighted by atomic mass is 10.1. The predicted octanol–water partition coefficient (Wildman–Crippen LogP) is 3.27. The lowest BCUT2D eigenvalue weighted by molar-refractivity contribution is -0.383. The van der Waals surface area contributed by atoms with Crippen LogP contribution in [0, 0.1) is 10.1 Å². The summed E-state index contributed by atoms with van der Waals surface area (Å²) in [6, 6.07) is 11.2. The molecule has 134 valence electrons. The molecule has 0 heterocycles. The average molecular weight is 354 g/mol. The number of hydrogen-bond acceptors (Lipinski definition) is 5. The second kappa shape index (κ2) is 7.35. The van der Waals surface area contributed by atoms with Crippen LogP contribution in [-0.4, -0.2) is 22.9 Å². The number of nitro groups is 1. The van der Waals surface area contributed by atoms with Gasteiger partial charge in [0.2, 0.25) is 0 Å². The van der Waals surface area contributed by atoms with E-state index in [1.54, 1.807) is 18.2 Å². The highest BCUT2D eigenvalue weighted by Crippen LogP contribution is 2.24. The highest BCUT2D eigenvalue weighted by Gasteiger charge is 2.23. The molecule has 1 aliphatic rings. The number of anilines is 1. The summed E-state index contributed by atoms with van der Waals surface area (Å²) in [4.78, 5) is 34.9. The summed E-state index contributed by atoms with van der Waals surface area (Å²) in [5.41, 5.74) is 2.61. The Hall–Kier alpha value is -3.22. The van der Waals surface area contributed by atoms with E-state index in [0.717, 1.165) is 24.8 Å². The smallest absolute Gasteiger partial charge is 0.338 e. The highest BCUT2D eigenvalue weighted by molar-refractivity contribution is 5.98.